The fraction of sp³-hybridized carbons (Fsp3) is 0.207. The molecule has 2 heterocycles. The highest BCUT2D eigenvalue weighted by atomic mass is 35.5. The number of benzene rings is 3. The summed E-state index contributed by atoms with van der Waals surface area (Å²) in [7, 11) is 2.56. The topological polar surface area (TPSA) is 95.3 Å². The largest absolute Gasteiger partial charge is 0.471 e. The minimum absolute atomic E-state index is 0.0299. The zero-order chi connectivity index (χ0) is 27.0. The Balaban J connectivity index is 1.62. The number of carbonyl (C=O) groups is 2. The molecule has 0 radical (unpaired) electrons. The lowest BCUT2D eigenvalue weighted by molar-refractivity contribution is 0.0587. The van der Waals surface area contributed by atoms with Crippen LogP contribution in [-0.2, 0) is 22.4 Å². The van der Waals surface area contributed by atoms with E-state index < -0.39 is 17.6 Å². The molecule has 1 aliphatic rings. The van der Waals surface area contributed by atoms with Crippen molar-refractivity contribution in [3.8, 4) is 5.75 Å². The molecule has 0 atom stereocenters. The number of halogens is 1. The molecule has 194 valence electrons. The molecule has 8 nitrogen and oxygen atoms in total. The molecule has 9 heteroatoms. The third kappa shape index (κ3) is 4.48. The van der Waals surface area contributed by atoms with E-state index in [9.17, 15) is 14.4 Å². The van der Waals surface area contributed by atoms with Crippen LogP contribution in [0.1, 0.15) is 43.0 Å². The van der Waals surface area contributed by atoms with E-state index in [1.807, 2.05) is 37.3 Å². The highest BCUT2D eigenvalue weighted by molar-refractivity contribution is 6.33. The van der Waals surface area contributed by atoms with Crippen molar-refractivity contribution < 1.29 is 28.2 Å². The molecular weight excluding hydrogens is 510 g/mol. The maximum absolute atomic E-state index is 13.1. The van der Waals surface area contributed by atoms with E-state index in [0.29, 0.717) is 45.0 Å². The quantitative estimate of drug-likeness (QED) is 0.253. The number of methoxy groups -OCH3 is 2. The Morgan fingerprint density at radius 2 is 1.76 bits per heavy atom. The van der Waals surface area contributed by atoms with Gasteiger partial charge in [-0.25, -0.2) is 14.4 Å². The number of hydrogen-bond donors (Lipinski definition) is 0. The maximum atomic E-state index is 13.1. The minimum Gasteiger partial charge on any atom is -0.471 e. The van der Waals surface area contributed by atoms with E-state index in [2.05, 4.69) is 0 Å². The lowest BCUT2D eigenvalue weighted by Crippen LogP contribution is -2.33. The Hall–Kier alpha value is -4.30. The van der Waals surface area contributed by atoms with Gasteiger partial charge in [-0.3, -0.25) is 0 Å². The van der Waals surface area contributed by atoms with Crippen LogP contribution in [0.3, 0.4) is 0 Å². The van der Waals surface area contributed by atoms with Gasteiger partial charge >= 0.3 is 17.6 Å². The first-order chi connectivity index (χ1) is 18.3. The van der Waals surface area contributed by atoms with Crippen LogP contribution in [0.15, 0.2) is 63.8 Å². The lowest BCUT2D eigenvalue weighted by Gasteiger charge is -2.32. The Morgan fingerprint density at radius 1 is 1.03 bits per heavy atom. The van der Waals surface area contributed by atoms with Gasteiger partial charge in [-0.05, 0) is 42.3 Å². The first-order valence-electron chi connectivity index (χ1n) is 11.8. The predicted octanol–water partition coefficient (Wildman–Crippen LogP) is 5.28. The standard InChI is InChI=1S/C29H24ClNO7/c1-16-20-13-23(30)26-22(25(20)38-29(34)21(16)11-17-7-5-4-6-8-17)14-31(15-37-26)24-12-18(27(32)35-2)9-10-19(24)28(33)36-3/h4-10,12-13H,11,14-15H2,1-3H3. The highest BCUT2D eigenvalue weighted by Gasteiger charge is 2.29. The summed E-state index contributed by atoms with van der Waals surface area (Å²) in [6.07, 6.45) is 0.422. The normalized spacial score (nSPS) is 12.6. The third-order valence-corrected chi connectivity index (χ3v) is 6.96. The molecule has 0 aliphatic carbocycles. The number of anilines is 1. The van der Waals surface area contributed by atoms with E-state index in [1.54, 1.807) is 17.0 Å². The number of hydrogen-bond acceptors (Lipinski definition) is 8. The molecule has 1 aliphatic heterocycles. The Labute approximate surface area is 223 Å². The monoisotopic (exact) mass is 533 g/mol. The second kappa shape index (κ2) is 10.2. The van der Waals surface area contributed by atoms with E-state index in [-0.39, 0.29) is 24.4 Å². The zero-order valence-electron chi connectivity index (χ0n) is 21.0. The molecule has 0 amide bonds. The molecule has 0 N–H and O–H groups in total. The summed E-state index contributed by atoms with van der Waals surface area (Å²) in [5.74, 6) is -0.731. The molecule has 0 bridgehead atoms. The maximum Gasteiger partial charge on any atom is 0.340 e. The molecule has 0 fully saturated rings. The molecule has 4 aromatic rings. The molecule has 0 unspecified atom stereocenters. The summed E-state index contributed by atoms with van der Waals surface area (Å²) in [5, 5.41) is 1.08. The van der Waals surface area contributed by atoms with Gasteiger partial charge in [0.1, 0.15) is 11.3 Å². The summed E-state index contributed by atoms with van der Waals surface area (Å²) in [6.45, 7) is 2.10. The Bertz CT molecular complexity index is 1630. The van der Waals surface area contributed by atoms with Crippen molar-refractivity contribution in [3.05, 3.63) is 103 Å². The van der Waals surface area contributed by atoms with Gasteiger partial charge in [0.15, 0.2) is 6.73 Å². The smallest absolute Gasteiger partial charge is 0.340 e. The second-order valence-electron chi connectivity index (χ2n) is 8.88. The first kappa shape index (κ1) is 25.4. The highest BCUT2D eigenvalue weighted by Crippen LogP contribution is 2.41. The number of fused-ring (bicyclic) bond motifs is 3. The number of ether oxygens (including phenoxy) is 3. The summed E-state index contributed by atoms with van der Waals surface area (Å²) in [6, 6.07) is 15.9. The van der Waals surface area contributed by atoms with Crippen molar-refractivity contribution in [2.75, 3.05) is 25.9 Å². The number of carbonyl (C=O) groups excluding carboxylic acids is 2. The van der Waals surface area contributed by atoms with Gasteiger partial charge < -0.3 is 23.5 Å². The summed E-state index contributed by atoms with van der Waals surface area (Å²) in [5.41, 5.74) is 3.67. The molecule has 5 rings (SSSR count). The number of aryl methyl sites for hydroxylation is 1. The van der Waals surface area contributed by atoms with E-state index >= 15 is 0 Å². The predicted molar refractivity (Wildman–Crippen MR) is 142 cm³/mol. The zero-order valence-corrected chi connectivity index (χ0v) is 21.8. The first-order valence-corrected chi connectivity index (χ1v) is 12.2. The van der Waals surface area contributed by atoms with Gasteiger partial charge in [0, 0.05) is 17.4 Å². The molecular formula is C29H24ClNO7. The van der Waals surface area contributed by atoms with Gasteiger partial charge in [-0.1, -0.05) is 41.9 Å². The van der Waals surface area contributed by atoms with Crippen LogP contribution in [0, 0.1) is 6.92 Å². The van der Waals surface area contributed by atoms with Crippen molar-refractivity contribution in [2.45, 2.75) is 19.9 Å². The van der Waals surface area contributed by atoms with Crippen LogP contribution in [0.2, 0.25) is 5.02 Å². The van der Waals surface area contributed by atoms with Crippen LogP contribution in [0.25, 0.3) is 11.0 Å². The molecule has 0 saturated heterocycles. The Kier molecular flexibility index (Phi) is 6.82. The summed E-state index contributed by atoms with van der Waals surface area (Å²) < 4.78 is 21.7. The fourth-order valence-electron chi connectivity index (χ4n) is 4.69. The van der Waals surface area contributed by atoms with Gasteiger partial charge in [0.25, 0.3) is 0 Å². The van der Waals surface area contributed by atoms with Crippen molar-refractivity contribution in [1.29, 1.82) is 0 Å². The minimum atomic E-state index is -0.578. The molecule has 3 aromatic carbocycles. The molecule has 38 heavy (non-hydrogen) atoms. The number of rotatable bonds is 5. The van der Waals surface area contributed by atoms with E-state index in [0.717, 1.165) is 11.1 Å². The van der Waals surface area contributed by atoms with E-state index in [1.165, 1.54) is 26.4 Å². The van der Waals surface area contributed by atoms with Crippen LogP contribution in [-0.4, -0.2) is 32.9 Å². The van der Waals surface area contributed by atoms with Gasteiger partial charge in [0.2, 0.25) is 0 Å². The third-order valence-electron chi connectivity index (χ3n) is 6.68. The average Bonchev–Trinajstić information content (AvgIpc) is 2.95. The summed E-state index contributed by atoms with van der Waals surface area (Å²) in [4.78, 5) is 39.6. The van der Waals surface area contributed by atoms with Gasteiger partial charge in [-0.2, -0.15) is 0 Å². The van der Waals surface area contributed by atoms with Crippen molar-refractivity contribution in [3.63, 3.8) is 0 Å². The average molecular weight is 534 g/mol. The van der Waals surface area contributed by atoms with Crippen LogP contribution in [0.5, 0.6) is 5.75 Å². The van der Waals surface area contributed by atoms with Crippen LogP contribution >= 0.6 is 11.6 Å². The van der Waals surface area contributed by atoms with Gasteiger partial charge in [0.05, 0.1) is 48.2 Å². The van der Waals surface area contributed by atoms with Gasteiger partial charge in [-0.15, -0.1) is 0 Å². The fourth-order valence-corrected chi connectivity index (χ4v) is 4.97. The van der Waals surface area contributed by atoms with Crippen molar-refractivity contribution in [2.24, 2.45) is 0 Å². The molecule has 0 spiro atoms. The van der Waals surface area contributed by atoms with Crippen LogP contribution < -0.4 is 15.3 Å². The molecule has 1 aromatic heterocycles. The molecule has 0 saturated carbocycles. The van der Waals surface area contributed by atoms with Crippen molar-refractivity contribution in [1.82, 2.24) is 0 Å². The SMILES string of the molecule is COC(=O)c1ccc(C(=O)OC)c(N2COc3c(Cl)cc4c(C)c(Cc5ccccc5)c(=O)oc4c3C2)c1. The number of nitrogens with zero attached hydrogens (tertiary/aromatic N) is 1. The van der Waals surface area contributed by atoms with Crippen LogP contribution in [0.4, 0.5) is 5.69 Å². The van der Waals surface area contributed by atoms with Crippen molar-refractivity contribution >= 4 is 40.2 Å². The number of esters is 2. The lowest BCUT2D eigenvalue weighted by atomic mass is 9.97. The summed E-state index contributed by atoms with van der Waals surface area (Å²) >= 11 is 6.63. The Morgan fingerprint density at radius 3 is 2.47 bits per heavy atom. The second-order valence-corrected chi connectivity index (χ2v) is 9.29. The van der Waals surface area contributed by atoms with E-state index in [4.69, 9.17) is 30.2 Å².